The highest BCUT2D eigenvalue weighted by molar-refractivity contribution is 6.05. The van der Waals surface area contributed by atoms with Gasteiger partial charge in [-0.15, -0.1) is 0 Å². The fourth-order valence-electron chi connectivity index (χ4n) is 1.97. The molecular formula is C15H18N2O3. The Balaban J connectivity index is 2.23. The largest absolute Gasteiger partial charge is 0.495 e. The highest BCUT2D eigenvalue weighted by atomic mass is 16.5. The Hall–Kier alpha value is -2.27. The Morgan fingerprint density at radius 3 is 2.85 bits per heavy atom. The summed E-state index contributed by atoms with van der Waals surface area (Å²) in [5, 5.41) is 2.83. The standard InChI is InChI=1S/C15H18N2O3/c1-3-13-11(6-7-20-13)15(18)17-12-5-4-10(9-16)8-14(12)19-2/h4-8H,3,9,16H2,1-2H3,(H,17,18). The van der Waals surface area contributed by atoms with Crippen molar-refractivity contribution >= 4 is 11.6 Å². The van der Waals surface area contributed by atoms with Crippen molar-refractivity contribution in [2.24, 2.45) is 5.73 Å². The van der Waals surface area contributed by atoms with Crippen LogP contribution in [0.25, 0.3) is 0 Å². The van der Waals surface area contributed by atoms with E-state index in [1.54, 1.807) is 19.2 Å². The van der Waals surface area contributed by atoms with Gasteiger partial charge in [-0.2, -0.15) is 0 Å². The zero-order chi connectivity index (χ0) is 14.5. The van der Waals surface area contributed by atoms with Gasteiger partial charge in [0.2, 0.25) is 0 Å². The van der Waals surface area contributed by atoms with Crippen molar-refractivity contribution in [1.29, 1.82) is 0 Å². The molecule has 0 aliphatic rings. The van der Waals surface area contributed by atoms with E-state index >= 15 is 0 Å². The molecule has 0 fully saturated rings. The number of carbonyl (C=O) groups excluding carboxylic acids is 1. The molecule has 0 spiro atoms. The first kappa shape index (κ1) is 14.1. The van der Waals surface area contributed by atoms with Crippen molar-refractivity contribution in [2.45, 2.75) is 19.9 Å². The van der Waals surface area contributed by atoms with E-state index in [0.717, 1.165) is 5.56 Å². The molecule has 2 rings (SSSR count). The number of carbonyl (C=O) groups is 1. The third kappa shape index (κ3) is 2.83. The van der Waals surface area contributed by atoms with Crippen molar-refractivity contribution in [2.75, 3.05) is 12.4 Å². The molecule has 2 aromatic rings. The summed E-state index contributed by atoms with van der Waals surface area (Å²) >= 11 is 0. The molecule has 5 nitrogen and oxygen atoms in total. The number of nitrogens with two attached hydrogens (primary N) is 1. The van der Waals surface area contributed by atoms with Gasteiger partial charge in [-0.1, -0.05) is 13.0 Å². The van der Waals surface area contributed by atoms with Gasteiger partial charge in [-0.3, -0.25) is 4.79 Å². The summed E-state index contributed by atoms with van der Waals surface area (Å²) in [6.07, 6.45) is 2.18. The lowest BCUT2D eigenvalue weighted by Gasteiger charge is -2.11. The fourth-order valence-corrected chi connectivity index (χ4v) is 1.97. The molecule has 1 aromatic carbocycles. The van der Waals surface area contributed by atoms with Gasteiger partial charge in [-0.25, -0.2) is 0 Å². The molecule has 0 aliphatic carbocycles. The van der Waals surface area contributed by atoms with E-state index in [1.165, 1.54) is 6.26 Å². The van der Waals surface area contributed by atoms with Crippen LogP contribution in [-0.4, -0.2) is 13.0 Å². The maximum atomic E-state index is 12.2. The van der Waals surface area contributed by atoms with Crippen LogP contribution < -0.4 is 15.8 Å². The number of benzene rings is 1. The summed E-state index contributed by atoms with van der Waals surface area (Å²) in [5.74, 6) is 1.04. The molecular weight excluding hydrogens is 256 g/mol. The molecule has 20 heavy (non-hydrogen) atoms. The maximum Gasteiger partial charge on any atom is 0.259 e. The number of nitrogens with one attached hydrogen (secondary N) is 1. The summed E-state index contributed by atoms with van der Waals surface area (Å²) in [4.78, 5) is 12.2. The summed E-state index contributed by atoms with van der Waals surface area (Å²) in [6, 6.07) is 7.11. The fraction of sp³-hybridized carbons (Fsp3) is 0.267. The van der Waals surface area contributed by atoms with Gasteiger partial charge in [0.15, 0.2) is 0 Å². The number of amides is 1. The minimum absolute atomic E-state index is 0.214. The van der Waals surface area contributed by atoms with Crippen LogP contribution in [0.2, 0.25) is 0 Å². The third-order valence-electron chi connectivity index (χ3n) is 3.06. The number of hydrogen-bond donors (Lipinski definition) is 2. The number of aryl methyl sites for hydroxylation is 1. The maximum absolute atomic E-state index is 12.2. The molecule has 0 radical (unpaired) electrons. The van der Waals surface area contributed by atoms with E-state index < -0.39 is 0 Å². The second-order valence-corrected chi connectivity index (χ2v) is 4.30. The Morgan fingerprint density at radius 1 is 1.40 bits per heavy atom. The highest BCUT2D eigenvalue weighted by Crippen LogP contribution is 2.26. The first-order valence-corrected chi connectivity index (χ1v) is 6.44. The minimum atomic E-state index is -0.214. The number of furan rings is 1. The number of hydrogen-bond acceptors (Lipinski definition) is 4. The Bertz CT molecular complexity index is 605. The number of anilines is 1. The first-order valence-electron chi connectivity index (χ1n) is 6.44. The van der Waals surface area contributed by atoms with Crippen LogP contribution in [-0.2, 0) is 13.0 Å². The van der Waals surface area contributed by atoms with Gasteiger partial charge in [0.1, 0.15) is 11.5 Å². The molecule has 0 saturated heterocycles. The summed E-state index contributed by atoms with van der Waals surface area (Å²) in [7, 11) is 1.56. The zero-order valence-corrected chi connectivity index (χ0v) is 11.6. The molecule has 3 N–H and O–H groups in total. The molecule has 1 amide bonds. The van der Waals surface area contributed by atoms with Crippen LogP contribution >= 0.6 is 0 Å². The molecule has 0 bridgehead atoms. The average Bonchev–Trinajstić information content (AvgIpc) is 2.96. The van der Waals surface area contributed by atoms with E-state index in [0.29, 0.717) is 35.7 Å². The predicted molar refractivity (Wildman–Crippen MR) is 76.9 cm³/mol. The van der Waals surface area contributed by atoms with Crippen molar-refractivity contribution in [3.05, 3.63) is 47.4 Å². The van der Waals surface area contributed by atoms with E-state index in [2.05, 4.69) is 5.32 Å². The van der Waals surface area contributed by atoms with Crippen molar-refractivity contribution in [1.82, 2.24) is 0 Å². The highest BCUT2D eigenvalue weighted by Gasteiger charge is 2.15. The first-order chi connectivity index (χ1) is 9.69. The van der Waals surface area contributed by atoms with Gasteiger partial charge in [0.25, 0.3) is 5.91 Å². The van der Waals surface area contributed by atoms with Crippen molar-refractivity contribution < 1.29 is 13.9 Å². The SMILES string of the molecule is CCc1occc1C(=O)Nc1ccc(CN)cc1OC. The van der Waals surface area contributed by atoms with Gasteiger partial charge in [0, 0.05) is 13.0 Å². The molecule has 0 aliphatic heterocycles. The molecule has 1 aromatic heterocycles. The van der Waals surface area contributed by atoms with Crippen molar-refractivity contribution in [3.8, 4) is 5.75 Å². The zero-order valence-electron chi connectivity index (χ0n) is 11.6. The summed E-state index contributed by atoms with van der Waals surface area (Å²) in [5.41, 5.74) is 7.68. The van der Waals surface area contributed by atoms with E-state index in [9.17, 15) is 4.79 Å². The Kier molecular flexibility index (Phi) is 4.42. The second kappa shape index (κ2) is 6.25. The lowest BCUT2D eigenvalue weighted by atomic mass is 10.1. The molecule has 5 heteroatoms. The lowest BCUT2D eigenvalue weighted by Crippen LogP contribution is -2.13. The monoisotopic (exact) mass is 274 g/mol. The van der Waals surface area contributed by atoms with Gasteiger partial charge in [0.05, 0.1) is 24.6 Å². The normalized spacial score (nSPS) is 10.3. The average molecular weight is 274 g/mol. The van der Waals surface area contributed by atoms with Crippen molar-refractivity contribution in [3.63, 3.8) is 0 Å². The minimum Gasteiger partial charge on any atom is -0.495 e. The van der Waals surface area contributed by atoms with E-state index in [4.69, 9.17) is 14.9 Å². The quantitative estimate of drug-likeness (QED) is 0.878. The predicted octanol–water partition coefficient (Wildman–Crippen LogP) is 2.56. The Labute approximate surface area is 117 Å². The van der Waals surface area contributed by atoms with Gasteiger partial charge in [-0.05, 0) is 23.8 Å². The molecule has 106 valence electrons. The van der Waals surface area contributed by atoms with Crippen LogP contribution in [0, 0.1) is 0 Å². The Morgan fingerprint density at radius 2 is 2.20 bits per heavy atom. The van der Waals surface area contributed by atoms with Crippen LogP contribution in [0.5, 0.6) is 5.75 Å². The van der Waals surface area contributed by atoms with E-state index in [-0.39, 0.29) is 5.91 Å². The smallest absolute Gasteiger partial charge is 0.259 e. The lowest BCUT2D eigenvalue weighted by molar-refractivity contribution is 0.102. The topological polar surface area (TPSA) is 77.5 Å². The van der Waals surface area contributed by atoms with E-state index in [1.807, 2.05) is 19.1 Å². The number of methoxy groups -OCH3 is 1. The number of ether oxygens (including phenoxy) is 1. The van der Waals surface area contributed by atoms with Gasteiger partial charge >= 0.3 is 0 Å². The second-order valence-electron chi connectivity index (χ2n) is 4.30. The van der Waals surface area contributed by atoms with Crippen LogP contribution in [0.3, 0.4) is 0 Å². The van der Waals surface area contributed by atoms with Crippen LogP contribution in [0.1, 0.15) is 28.6 Å². The summed E-state index contributed by atoms with van der Waals surface area (Å²) < 4.78 is 10.5. The number of rotatable bonds is 5. The summed E-state index contributed by atoms with van der Waals surface area (Å²) in [6.45, 7) is 2.36. The van der Waals surface area contributed by atoms with Gasteiger partial charge < -0.3 is 20.2 Å². The molecule has 0 saturated carbocycles. The third-order valence-corrected chi connectivity index (χ3v) is 3.06. The van der Waals surface area contributed by atoms with Crippen LogP contribution in [0.15, 0.2) is 34.9 Å². The van der Waals surface area contributed by atoms with Crippen LogP contribution in [0.4, 0.5) is 5.69 Å². The molecule has 0 unspecified atom stereocenters. The molecule has 0 atom stereocenters. The molecule has 1 heterocycles.